The Morgan fingerprint density at radius 2 is 1.31 bits per heavy atom. The summed E-state index contributed by atoms with van der Waals surface area (Å²) in [6, 6.07) is 0. The van der Waals surface area contributed by atoms with Gasteiger partial charge in [0, 0.05) is 17.4 Å². The van der Waals surface area contributed by atoms with E-state index in [1.807, 2.05) is 0 Å². The van der Waals surface area contributed by atoms with E-state index in [4.69, 9.17) is 9.05 Å². The summed E-state index contributed by atoms with van der Waals surface area (Å²) in [6.07, 6.45) is 5.76. The first-order chi connectivity index (χ1) is 7.12. The van der Waals surface area contributed by atoms with Crippen molar-refractivity contribution in [3.05, 3.63) is 0 Å². The summed E-state index contributed by atoms with van der Waals surface area (Å²) in [7, 11) is -3.77. The third kappa shape index (κ3) is 12.7. The third-order valence-electron chi connectivity index (χ3n) is 2.00. The number of unbranched alkanes of at least 4 members (excludes halogenated alkanes) is 4. The quantitative estimate of drug-likeness (QED) is 0.494. The molecule has 0 saturated heterocycles. The summed E-state index contributed by atoms with van der Waals surface area (Å²) in [5, 5.41) is 0. The predicted octanol–water partition coefficient (Wildman–Crippen LogP) is 3.50. The van der Waals surface area contributed by atoms with Gasteiger partial charge in [0.2, 0.25) is 0 Å². The molecule has 0 aliphatic rings. The Kier molecular flexibility index (Phi) is 14.4. The minimum absolute atomic E-state index is 0. The van der Waals surface area contributed by atoms with Crippen LogP contribution < -0.4 is 0 Å². The van der Waals surface area contributed by atoms with E-state index < -0.39 is 7.82 Å². The average molecular weight is 290 g/mol. The molecule has 0 unspecified atom stereocenters. The molecule has 16 heavy (non-hydrogen) atoms. The fourth-order valence-corrected chi connectivity index (χ4v) is 1.90. The molecule has 0 aromatic rings. The van der Waals surface area contributed by atoms with Gasteiger partial charge in [-0.1, -0.05) is 39.5 Å². The first-order valence-corrected chi connectivity index (χ1v) is 7.23. The van der Waals surface area contributed by atoms with Crippen LogP contribution in [0.3, 0.4) is 0 Å². The summed E-state index contributed by atoms with van der Waals surface area (Å²) in [4.78, 5) is 9.22. The van der Waals surface area contributed by atoms with E-state index in [0.717, 1.165) is 38.5 Å². The molecule has 98 valence electrons. The van der Waals surface area contributed by atoms with Gasteiger partial charge in [-0.3, -0.25) is 9.05 Å². The summed E-state index contributed by atoms with van der Waals surface area (Å²) < 4.78 is 20.9. The molecule has 0 aromatic carbocycles. The number of hydrogen-bond acceptors (Lipinski definition) is 3. The number of rotatable bonds is 10. The fourth-order valence-electron chi connectivity index (χ4n) is 1.10. The van der Waals surface area contributed by atoms with Gasteiger partial charge in [0.1, 0.15) is 0 Å². The third-order valence-corrected chi connectivity index (χ3v) is 3.02. The van der Waals surface area contributed by atoms with Crippen molar-refractivity contribution in [3.8, 4) is 0 Å². The van der Waals surface area contributed by atoms with E-state index in [2.05, 4.69) is 13.8 Å². The van der Waals surface area contributed by atoms with Crippen LogP contribution in [0.5, 0.6) is 0 Å². The smallest absolute Gasteiger partial charge is 0.302 e. The number of hydrogen-bond donors (Lipinski definition) is 1. The Morgan fingerprint density at radius 3 is 1.62 bits per heavy atom. The van der Waals surface area contributed by atoms with Crippen LogP contribution in [0.2, 0.25) is 0 Å². The van der Waals surface area contributed by atoms with Gasteiger partial charge < -0.3 is 4.89 Å². The van der Waals surface area contributed by atoms with Gasteiger partial charge in [-0.05, 0) is 12.8 Å². The molecule has 4 nitrogen and oxygen atoms in total. The SMILES string of the molecule is CCCCCOP(=O)(O)OCCCCC.[Cr]. The Balaban J connectivity index is 0. The normalized spacial score (nSPS) is 11.2. The van der Waals surface area contributed by atoms with Crippen LogP contribution in [0.1, 0.15) is 52.4 Å². The van der Waals surface area contributed by atoms with Crippen molar-refractivity contribution < 1.29 is 35.9 Å². The summed E-state index contributed by atoms with van der Waals surface area (Å²) >= 11 is 0. The van der Waals surface area contributed by atoms with Gasteiger partial charge in [0.15, 0.2) is 0 Å². The van der Waals surface area contributed by atoms with Crippen LogP contribution in [-0.4, -0.2) is 18.1 Å². The van der Waals surface area contributed by atoms with Gasteiger partial charge in [-0.2, -0.15) is 0 Å². The Bertz CT molecular complexity index is 174. The van der Waals surface area contributed by atoms with E-state index in [-0.39, 0.29) is 17.4 Å². The summed E-state index contributed by atoms with van der Waals surface area (Å²) in [5.41, 5.74) is 0. The molecule has 0 bridgehead atoms. The van der Waals surface area contributed by atoms with Crippen molar-refractivity contribution >= 4 is 7.82 Å². The molecule has 0 atom stereocenters. The second-order valence-corrected chi connectivity index (χ2v) is 5.00. The average Bonchev–Trinajstić information content (AvgIpc) is 2.20. The van der Waals surface area contributed by atoms with Crippen LogP contribution in [0.25, 0.3) is 0 Å². The zero-order valence-corrected chi connectivity index (χ0v) is 12.4. The number of phosphoric acid groups is 1. The van der Waals surface area contributed by atoms with Crippen molar-refractivity contribution in [2.45, 2.75) is 52.4 Å². The van der Waals surface area contributed by atoms with E-state index in [1.165, 1.54) is 0 Å². The molecule has 0 aromatic heterocycles. The van der Waals surface area contributed by atoms with E-state index >= 15 is 0 Å². The standard InChI is InChI=1S/C10H23O4P.Cr/c1-3-5-7-9-13-15(11,12)14-10-8-6-4-2;/h3-10H2,1-2H3,(H,11,12);. The van der Waals surface area contributed by atoms with Gasteiger partial charge in [-0.15, -0.1) is 0 Å². The zero-order chi connectivity index (χ0) is 11.6. The van der Waals surface area contributed by atoms with Gasteiger partial charge in [0.25, 0.3) is 0 Å². The number of phosphoric ester groups is 1. The Hall–Kier alpha value is 0.642. The second kappa shape index (κ2) is 12.1. The van der Waals surface area contributed by atoms with Crippen molar-refractivity contribution in [1.82, 2.24) is 0 Å². The minimum Gasteiger partial charge on any atom is -0.302 e. The molecular weight excluding hydrogens is 267 g/mol. The van der Waals surface area contributed by atoms with Crippen LogP contribution in [0, 0.1) is 0 Å². The molecule has 0 saturated carbocycles. The van der Waals surface area contributed by atoms with Crippen molar-refractivity contribution in [1.29, 1.82) is 0 Å². The first kappa shape index (κ1) is 19.0. The van der Waals surface area contributed by atoms with E-state index in [1.54, 1.807) is 0 Å². The summed E-state index contributed by atoms with van der Waals surface area (Å²) in [6.45, 7) is 4.74. The molecule has 0 spiro atoms. The molecule has 0 aliphatic carbocycles. The monoisotopic (exact) mass is 290 g/mol. The Morgan fingerprint density at radius 1 is 0.938 bits per heavy atom. The maximum Gasteiger partial charge on any atom is 0.472 e. The molecule has 1 N–H and O–H groups in total. The Labute approximate surface area is 109 Å². The van der Waals surface area contributed by atoms with Gasteiger partial charge in [-0.25, -0.2) is 4.57 Å². The zero-order valence-electron chi connectivity index (χ0n) is 10.2. The van der Waals surface area contributed by atoms with Crippen LogP contribution in [0.4, 0.5) is 0 Å². The molecule has 0 heterocycles. The first-order valence-electron chi connectivity index (χ1n) is 5.74. The van der Waals surface area contributed by atoms with Crippen molar-refractivity contribution in [2.24, 2.45) is 0 Å². The molecular formula is C10H23CrO4P. The molecule has 6 heteroatoms. The largest absolute Gasteiger partial charge is 0.472 e. The van der Waals surface area contributed by atoms with Gasteiger partial charge >= 0.3 is 7.82 Å². The van der Waals surface area contributed by atoms with E-state index in [0.29, 0.717) is 13.2 Å². The maximum absolute atomic E-state index is 11.3. The molecule has 0 amide bonds. The predicted molar refractivity (Wildman–Crippen MR) is 60.8 cm³/mol. The minimum atomic E-state index is -3.77. The molecule has 0 aliphatic heterocycles. The maximum atomic E-state index is 11.3. The van der Waals surface area contributed by atoms with E-state index in [9.17, 15) is 9.46 Å². The summed E-state index contributed by atoms with van der Waals surface area (Å²) in [5.74, 6) is 0. The molecule has 0 fully saturated rings. The molecule has 0 rings (SSSR count). The topological polar surface area (TPSA) is 55.8 Å². The van der Waals surface area contributed by atoms with Crippen LogP contribution in [-0.2, 0) is 31.0 Å². The fraction of sp³-hybridized carbons (Fsp3) is 1.00. The van der Waals surface area contributed by atoms with Crippen LogP contribution in [0.15, 0.2) is 0 Å². The van der Waals surface area contributed by atoms with Crippen LogP contribution >= 0.6 is 7.82 Å². The van der Waals surface area contributed by atoms with Crippen molar-refractivity contribution in [3.63, 3.8) is 0 Å². The molecule has 0 radical (unpaired) electrons. The van der Waals surface area contributed by atoms with Gasteiger partial charge in [0.05, 0.1) is 13.2 Å². The second-order valence-electron chi connectivity index (χ2n) is 3.55. The van der Waals surface area contributed by atoms with Crippen molar-refractivity contribution in [2.75, 3.05) is 13.2 Å².